The molecule has 0 unspecified atom stereocenters. The molecule has 240 valence electrons. The summed E-state index contributed by atoms with van der Waals surface area (Å²) >= 11 is 0. The molecule has 0 radical (unpaired) electrons. The van der Waals surface area contributed by atoms with E-state index in [9.17, 15) is 0 Å². The fraction of sp³-hybridized carbons (Fsp3) is 0.0851. The Balaban J connectivity index is 1.08. The van der Waals surface area contributed by atoms with Gasteiger partial charge in [-0.15, -0.1) is 5.11 Å². The van der Waals surface area contributed by atoms with Gasteiger partial charge in [-0.2, -0.15) is 5.11 Å². The number of aliphatic imine (C=N–C) groups is 1. The zero-order valence-electron chi connectivity index (χ0n) is 27.9. The Hall–Kier alpha value is -6.19. The summed E-state index contributed by atoms with van der Waals surface area (Å²) < 4.78 is 0. The number of rotatable bonds is 8. The maximum Gasteiger partial charge on any atom is 0.177 e. The summed E-state index contributed by atoms with van der Waals surface area (Å²) in [6.07, 6.45) is 8.79. The number of amidine groups is 1. The first-order chi connectivity index (χ1) is 24.8. The molecule has 1 aliphatic carbocycles. The average Bonchev–Trinajstić information content (AvgIpc) is 3.19. The highest BCUT2D eigenvalue weighted by molar-refractivity contribution is 6.00. The Morgan fingerprint density at radius 2 is 1.24 bits per heavy atom. The van der Waals surface area contributed by atoms with Gasteiger partial charge in [0.1, 0.15) is 0 Å². The second-order valence-corrected chi connectivity index (χ2v) is 12.7. The van der Waals surface area contributed by atoms with Gasteiger partial charge in [-0.1, -0.05) is 152 Å². The molecule has 0 amide bonds. The summed E-state index contributed by atoms with van der Waals surface area (Å²) in [5.74, 6) is 0.636. The Bertz CT molecular complexity index is 2400. The Morgan fingerprint density at radius 1 is 0.520 bits per heavy atom. The van der Waals surface area contributed by atoms with Crippen molar-refractivity contribution in [2.45, 2.75) is 25.9 Å². The van der Waals surface area contributed by atoms with Gasteiger partial charge in [0.15, 0.2) is 5.84 Å². The molecule has 0 bridgehead atoms. The van der Waals surface area contributed by atoms with Crippen LogP contribution in [0, 0.1) is 0 Å². The molecule has 50 heavy (non-hydrogen) atoms. The molecule has 0 saturated carbocycles. The van der Waals surface area contributed by atoms with Gasteiger partial charge in [0.25, 0.3) is 0 Å². The lowest BCUT2D eigenvalue weighted by molar-refractivity contribution is 0.961. The lowest BCUT2D eigenvalue weighted by Gasteiger charge is -2.16. The number of benzene rings is 7. The molecule has 3 nitrogen and oxygen atoms in total. The molecule has 3 heteroatoms. The highest BCUT2D eigenvalue weighted by atomic mass is 15.1. The van der Waals surface area contributed by atoms with Crippen LogP contribution in [0.2, 0.25) is 0 Å². The van der Waals surface area contributed by atoms with Crippen molar-refractivity contribution in [3.63, 3.8) is 0 Å². The minimum Gasteiger partial charge on any atom is -0.260 e. The van der Waals surface area contributed by atoms with E-state index in [1.165, 1.54) is 54.9 Å². The maximum atomic E-state index is 4.99. The largest absolute Gasteiger partial charge is 0.260 e. The van der Waals surface area contributed by atoms with E-state index < -0.39 is 0 Å². The van der Waals surface area contributed by atoms with Crippen molar-refractivity contribution in [1.29, 1.82) is 0 Å². The van der Waals surface area contributed by atoms with Crippen LogP contribution in [0.25, 0.3) is 49.4 Å². The van der Waals surface area contributed by atoms with Gasteiger partial charge >= 0.3 is 0 Å². The minimum absolute atomic E-state index is 0.471. The monoisotopic (exact) mass is 643 g/mol. The molecule has 7 aromatic rings. The molecule has 0 atom stereocenters. The van der Waals surface area contributed by atoms with E-state index in [0.29, 0.717) is 18.9 Å². The third kappa shape index (κ3) is 6.85. The summed E-state index contributed by atoms with van der Waals surface area (Å²) in [6, 6.07) is 55.8. The van der Waals surface area contributed by atoms with Crippen LogP contribution in [-0.2, 0) is 13.1 Å². The highest BCUT2D eigenvalue weighted by Crippen LogP contribution is 2.35. The summed E-state index contributed by atoms with van der Waals surface area (Å²) in [5, 5.41) is 14.4. The molecular formula is C47H37N3. The predicted octanol–water partition coefficient (Wildman–Crippen LogP) is 12.7. The van der Waals surface area contributed by atoms with Crippen molar-refractivity contribution in [3.8, 4) is 22.3 Å². The van der Waals surface area contributed by atoms with E-state index in [1.807, 2.05) is 30.3 Å². The van der Waals surface area contributed by atoms with Crippen molar-refractivity contribution in [2.75, 3.05) is 0 Å². The standard InChI is InChI=1S/C47H37N3/c1-5-14-36(15-6-1)42-30-41-26-24-35(29-45(41)46(31-42)38-18-9-3-10-19-38)33-49-50-47(39-20-11-4-12-21-39)48-32-34-25-27-44-40(28-34)22-13-23-43(44)37-16-7-2-8-17-37/h1-9,11-18,20-31H,10,19,32-33H2. The van der Waals surface area contributed by atoms with E-state index in [2.05, 4.69) is 146 Å². The lowest BCUT2D eigenvalue weighted by Crippen LogP contribution is -1.98. The molecule has 1 aliphatic rings. The van der Waals surface area contributed by atoms with Gasteiger partial charge < -0.3 is 0 Å². The fourth-order valence-electron chi connectivity index (χ4n) is 6.81. The van der Waals surface area contributed by atoms with Gasteiger partial charge in [0.05, 0.1) is 13.1 Å². The molecule has 0 aromatic heterocycles. The first-order valence-corrected chi connectivity index (χ1v) is 17.3. The van der Waals surface area contributed by atoms with Crippen molar-refractivity contribution < 1.29 is 0 Å². The Labute approximate surface area is 293 Å². The van der Waals surface area contributed by atoms with E-state index in [0.717, 1.165) is 29.5 Å². The summed E-state index contributed by atoms with van der Waals surface area (Å²) in [5.41, 5.74) is 10.8. The SMILES string of the molecule is C1=CCCC(c2cc(-c3ccccc3)cc3ccc(CN=NC(=NCc4ccc5c(-c6ccccc6)cccc5c4)c4ccccc4)cc23)=C1. The summed E-state index contributed by atoms with van der Waals surface area (Å²) in [6.45, 7) is 0.986. The first-order valence-electron chi connectivity index (χ1n) is 17.3. The van der Waals surface area contributed by atoms with Crippen LogP contribution >= 0.6 is 0 Å². The number of fused-ring (bicyclic) bond motifs is 2. The van der Waals surface area contributed by atoms with E-state index in [-0.39, 0.29) is 0 Å². The number of hydrogen-bond donors (Lipinski definition) is 0. The van der Waals surface area contributed by atoms with Crippen molar-refractivity contribution in [2.24, 2.45) is 15.2 Å². The Morgan fingerprint density at radius 3 is 2.02 bits per heavy atom. The van der Waals surface area contributed by atoms with Crippen LogP contribution in [0.3, 0.4) is 0 Å². The molecule has 0 spiro atoms. The quantitative estimate of drug-likeness (QED) is 0.0898. The van der Waals surface area contributed by atoms with Gasteiger partial charge in [-0.3, -0.25) is 4.99 Å². The Kier molecular flexibility index (Phi) is 9.03. The van der Waals surface area contributed by atoms with E-state index in [1.54, 1.807) is 0 Å². The van der Waals surface area contributed by atoms with Gasteiger partial charge in [-0.25, -0.2) is 0 Å². The smallest absolute Gasteiger partial charge is 0.177 e. The van der Waals surface area contributed by atoms with Crippen LogP contribution in [0.5, 0.6) is 0 Å². The number of allylic oxidation sites excluding steroid dienone is 4. The third-order valence-electron chi connectivity index (χ3n) is 9.38. The van der Waals surface area contributed by atoms with Crippen LogP contribution in [0.15, 0.2) is 191 Å². The molecule has 7 aromatic carbocycles. The predicted molar refractivity (Wildman–Crippen MR) is 210 cm³/mol. The molecule has 0 aliphatic heterocycles. The summed E-state index contributed by atoms with van der Waals surface area (Å²) in [4.78, 5) is 4.99. The maximum absolute atomic E-state index is 4.99. The molecule has 0 heterocycles. The van der Waals surface area contributed by atoms with E-state index >= 15 is 0 Å². The van der Waals surface area contributed by atoms with Crippen LogP contribution in [0.1, 0.15) is 35.1 Å². The van der Waals surface area contributed by atoms with Crippen molar-refractivity contribution in [1.82, 2.24) is 0 Å². The number of nitrogens with zero attached hydrogens (tertiary/aromatic N) is 3. The molecule has 0 fully saturated rings. The normalized spacial score (nSPS) is 13.3. The topological polar surface area (TPSA) is 37.1 Å². The van der Waals surface area contributed by atoms with Gasteiger partial charge in [0.2, 0.25) is 0 Å². The zero-order valence-corrected chi connectivity index (χ0v) is 27.9. The van der Waals surface area contributed by atoms with E-state index in [4.69, 9.17) is 15.2 Å². The first kappa shape index (κ1) is 31.1. The van der Waals surface area contributed by atoms with Crippen LogP contribution in [-0.4, -0.2) is 5.84 Å². The van der Waals surface area contributed by atoms with Crippen molar-refractivity contribution in [3.05, 3.63) is 198 Å². The average molecular weight is 644 g/mol. The molecule has 0 saturated heterocycles. The lowest BCUT2D eigenvalue weighted by atomic mass is 9.89. The molecule has 0 N–H and O–H groups in total. The zero-order chi connectivity index (χ0) is 33.5. The van der Waals surface area contributed by atoms with Crippen LogP contribution in [0.4, 0.5) is 0 Å². The van der Waals surface area contributed by atoms with Crippen molar-refractivity contribution >= 4 is 33.0 Å². The second-order valence-electron chi connectivity index (χ2n) is 12.7. The number of hydrogen-bond acceptors (Lipinski definition) is 2. The molecule has 8 rings (SSSR count). The highest BCUT2D eigenvalue weighted by Gasteiger charge is 2.12. The fourth-order valence-corrected chi connectivity index (χ4v) is 6.81. The number of azo groups is 1. The molecular weight excluding hydrogens is 607 g/mol. The van der Waals surface area contributed by atoms with Gasteiger partial charge in [-0.05, 0) is 103 Å². The third-order valence-corrected chi connectivity index (χ3v) is 9.38. The summed E-state index contributed by atoms with van der Waals surface area (Å²) in [7, 11) is 0. The minimum atomic E-state index is 0.471. The second kappa shape index (κ2) is 14.5. The van der Waals surface area contributed by atoms with Gasteiger partial charge in [0, 0.05) is 5.56 Å². The van der Waals surface area contributed by atoms with Crippen LogP contribution < -0.4 is 0 Å².